The number of carbonyl (C=O) groups is 1. The second-order valence-electron chi connectivity index (χ2n) is 5.76. The molecule has 5 nitrogen and oxygen atoms in total. The number of sulfonamides is 1. The van der Waals surface area contributed by atoms with Crippen molar-refractivity contribution in [2.75, 3.05) is 11.6 Å². The Balaban J connectivity index is 2.18. The monoisotopic (exact) mass is 364 g/mol. The molecule has 25 heavy (non-hydrogen) atoms. The molecule has 7 heteroatoms. The molecule has 0 aliphatic heterocycles. The summed E-state index contributed by atoms with van der Waals surface area (Å²) in [7, 11) is -3.54. The summed E-state index contributed by atoms with van der Waals surface area (Å²) in [6.07, 6.45) is 1.68. The molecule has 0 radical (unpaired) electrons. The fourth-order valence-corrected chi connectivity index (χ4v) is 3.25. The van der Waals surface area contributed by atoms with E-state index in [-0.39, 0.29) is 12.3 Å². The molecule has 0 aromatic heterocycles. The van der Waals surface area contributed by atoms with Crippen molar-refractivity contribution in [3.8, 4) is 0 Å². The van der Waals surface area contributed by atoms with Crippen molar-refractivity contribution in [2.45, 2.75) is 25.8 Å². The zero-order valence-corrected chi connectivity index (χ0v) is 14.9. The van der Waals surface area contributed by atoms with Gasteiger partial charge in [-0.1, -0.05) is 37.3 Å². The summed E-state index contributed by atoms with van der Waals surface area (Å²) in [6.45, 7) is 1.98. The molecule has 0 fully saturated rings. The highest BCUT2D eigenvalue weighted by molar-refractivity contribution is 7.88. The van der Waals surface area contributed by atoms with E-state index in [0.29, 0.717) is 11.3 Å². The van der Waals surface area contributed by atoms with Crippen LogP contribution in [0.1, 0.15) is 30.5 Å². The van der Waals surface area contributed by atoms with Crippen LogP contribution in [0.15, 0.2) is 48.5 Å². The third-order valence-corrected chi connectivity index (χ3v) is 4.40. The number of halogens is 1. The Kier molecular flexibility index (Phi) is 6.27. The number of aryl methyl sites for hydroxylation is 1. The van der Waals surface area contributed by atoms with Gasteiger partial charge in [-0.05, 0) is 35.7 Å². The number of hydrogen-bond donors (Lipinski definition) is 2. The van der Waals surface area contributed by atoms with Crippen LogP contribution < -0.4 is 10.0 Å². The average Bonchev–Trinajstić information content (AvgIpc) is 2.54. The lowest BCUT2D eigenvalue weighted by Crippen LogP contribution is -2.30. The van der Waals surface area contributed by atoms with E-state index in [4.69, 9.17) is 0 Å². The SMILES string of the molecule is CCc1ccccc1NC(=O)CC(NS(C)(=O)=O)c1ccc(F)cc1. The van der Waals surface area contributed by atoms with Crippen molar-refractivity contribution in [3.63, 3.8) is 0 Å². The highest BCUT2D eigenvalue weighted by atomic mass is 32.2. The lowest BCUT2D eigenvalue weighted by molar-refractivity contribution is -0.116. The average molecular weight is 364 g/mol. The van der Waals surface area contributed by atoms with Gasteiger partial charge in [0.25, 0.3) is 0 Å². The molecule has 1 atom stereocenters. The van der Waals surface area contributed by atoms with Crippen molar-refractivity contribution < 1.29 is 17.6 Å². The maximum Gasteiger partial charge on any atom is 0.226 e. The molecule has 0 spiro atoms. The van der Waals surface area contributed by atoms with Crippen LogP contribution >= 0.6 is 0 Å². The second-order valence-corrected chi connectivity index (χ2v) is 7.54. The van der Waals surface area contributed by atoms with Crippen molar-refractivity contribution in [1.29, 1.82) is 0 Å². The van der Waals surface area contributed by atoms with Crippen LogP contribution in [0, 0.1) is 5.82 Å². The summed E-state index contributed by atoms with van der Waals surface area (Å²) in [6, 6.07) is 12.0. The maximum atomic E-state index is 13.1. The maximum absolute atomic E-state index is 13.1. The zero-order chi connectivity index (χ0) is 18.4. The third-order valence-electron chi connectivity index (χ3n) is 3.69. The van der Waals surface area contributed by atoms with Crippen LogP contribution in [0.4, 0.5) is 10.1 Å². The minimum absolute atomic E-state index is 0.100. The Morgan fingerprint density at radius 2 is 1.76 bits per heavy atom. The Morgan fingerprint density at radius 1 is 1.12 bits per heavy atom. The van der Waals surface area contributed by atoms with Crippen LogP contribution in [-0.4, -0.2) is 20.6 Å². The van der Waals surface area contributed by atoms with Crippen molar-refractivity contribution in [2.24, 2.45) is 0 Å². The molecule has 134 valence electrons. The lowest BCUT2D eigenvalue weighted by Gasteiger charge is -2.18. The smallest absolute Gasteiger partial charge is 0.226 e. The molecule has 0 heterocycles. The number of para-hydroxylation sites is 1. The number of benzene rings is 2. The third kappa shape index (κ3) is 5.95. The summed E-state index contributed by atoms with van der Waals surface area (Å²) in [5.41, 5.74) is 2.21. The van der Waals surface area contributed by atoms with Crippen LogP contribution in [-0.2, 0) is 21.2 Å². The van der Waals surface area contributed by atoms with Gasteiger partial charge < -0.3 is 5.32 Å². The first-order valence-corrected chi connectivity index (χ1v) is 9.78. The number of nitrogens with one attached hydrogen (secondary N) is 2. The van der Waals surface area contributed by atoms with Gasteiger partial charge in [-0.2, -0.15) is 0 Å². The molecule has 0 aliphatic rings. The standard InChI is InChI=1S/C18H21FN2O3S/c1-3-13-6-4-5-7-16(13)20-18(22)12-17(21-25(2,23)24)14-8-10-15(19)11-9-14/h4-11,17,21H,3,12H2,1-2H3,(H,20,22). The normalized spacial score (nSPS) is 12.6. The molecule has 0 saturated heterocycles. The molecule has 0 saturated carbocycles. The van der Waals surface area contributed by atoms with E-state index in [9.17, 15) is 17.6 Å². The number of rotatable bonds is 7. The van der Waals surface area contributed by atoms with Crippen LogP contribution in [0.5, 0.6) is 0 Å². The largest absolute Gasteiger partial charge is 0.326 e. The van der Waals surface area contributed by atoms with Crippen LogP contribution in [0.2, 0.25) is 0 Å². The Bertz CT molecular complexity index is 836. The fraction of sp³-hybridized carbons (Fsp3) is 0.278. The summed E-state index contributed by atoms with van der Waals surface area (Å²) in [4.78, 5) is 12.4. The van der Waals surface area contributed by atoms with E-state index in [2.05, 4.69) is 10.0 Å². The van der Waals surface area contributed by atoms with Crippen molar-refractivity contribution >= 4 is 21.6 Å². The molecule has 2 aromatic rings. The summed E-state index contributed by atoms with van der Waals surface area (Å²) in [5, 5.41) is 2.81. The molecule has 0 aliphatic carbocycles. The summed E-state index contributed by atoms with van der Waals surface area (Å²) >= 11 is 0. The van der Waals surface area contributed by atoms with E-state index < -0.39 is 21.9 Å². The fourth-order valence-electron chi connectivity index (χ4n) is 2.52. The first-order valence-electron chi connectivity index (χ1n) is 7.89. The van der Waals surface area contributed by atoms with Crippen LogP contribution in [0.25, 0.3) is 0 Å². The van der Waals surface area contributed by atoms with E-state index >= 15 is 0 Å². The van der Waals surface area contributed by atoms with Gasteiger partial charge >= 0.3 is 0 Å². The van der Waals surface area contributed by atoms with Crippen LogP contribution in [0.3, 0.4) is 0 Å². The van der Waals surface area contributed by atoms with E-state index in [1.165, 1.54) is 24.3 Å². The molecular weight excluding hydrogens is 343 g/mol. The minimum atomic E-state index is -3.54. The summed E-state index contributed by atoms with van der Waals surface area (Å²) in [5.74, 6) is -0.755. The van der Waals surface area contributed by atoms with Crippen molar-refractivity contribution in [1.82, 2.24) is 4.72 Å². The Labute approximate surface area is 147 Å². The van der Waals surface area contributed by atoms with Gasteiger partial charge in [-0.25, -0.2) is 17.5 Å². The Morgan fingerprint density at radius 3 is 2.36 bits per heavy atom. The predicted octanol–water partition coefficient (Wildman–Crippen LogP) is 3.01. The van der Waals surface area contributed by atoms with E-state index in [0.717, 1.165) is 18.2 Å². The second kappa shape index (κ2) is 8.22. The van der Waals surface area contributed by atoms with E-state index in [1.54, 1.807) is 6.07 Å². The lowest BCUT2D eigenvalue weighted by atomic mass is 10.0. The zero-order valence-electron chi connectivity index (χ0n) is 14.1. The molecule has 1 amide bonds. The number of amides is 1. The first kappa shape index (κ1) is 19.1. The number of hydrogen-bond acceptors (Lipinski definition) is 3. The van der Waals surface area contributed by atoms with Gasteiger partial charge in [0.05, 0.1) is 12.3 Å². The Hall–Kier alpha value is -2.25. The molecule has 1 unspecified atom stereocenters. The topological polar surface area (TPSA) is 75.3 Å². The van der Waals surface area contributed by atoms with Gasteiger partial charge in [-0.3, -0.25) is 4.79 Å². The van der Waals surface area contributed by atoms with Gasteiger partial charge in [0.1, 0.15) is 5.82 Å². The van der Waals surface area contributed by atoms with Crippen molar-refractivity contribution in [3.05, 3.63) is 65.5 Å². The number of carbonyl (C=O) groups excluding carboxylic acids is 1. The quantitative estimate of drug-likeness (QED) is 0.793. The molecule has 0 bridgehead atoms. The predicted molar refractivity (Wildman–Crippen MR) is 96.2 cm³/mol. The molecule has 2 aromatic carbocycles. The van der Waals surface area contributed by atoms with Gasteiger partial charge in [-0.15, -0.1) is 0 Å². The van der Waals surface area contributed by atoms with Gasteiger partial charge in [0, 0.05) is 12.1 Å². The minimum Gasteiger partial charge on any atom is -0.326 e. The molecule has 2 rings (SSSR count). The molecule has 2 N–H and O–H groups in total. The highest BCUT2D eigenvalue weighted by Gasteiger charge is 2.20. The van der Waals surface area contributed by atoms with Gasteiger partial charge in [0.15, 0.2) is 0 Å². The molecular formula is C18H21FN2O3S. The highest BCUT2D eigenvalue weighted by Crippen LogP contribution is 2.21. The number of anilines is 1. The summed E-state index contributed by atoms with van der Waals surface area (Å²) < 4.78 is 38.7. The van der Waals surface area contributed by atoms with Gasteiger partial charge in [0.2, 0.25) is 15.9 Å². The first-order chi connectivity index (χ1) is 11.8. The van der Waals surface area contributed by atoms with E-state index in [1.807, 2.05) is 25.1 Å².